The number of nitrogens with two attached hydrogens (primary N) is 1. The standard InChI is InChI=1S/C20H21Cl2N3O2/c1-12(26)24-9-13-2-3-15-10-25(11-16(15)6-13)20(27)19(23)7-14-4-5-17(21)8-18(14)22/h2-6,8,19H,7,9-11,23H2,1H3,(H,24,26). The van der Waals surface area contributed by atoms with Crippen molar-refractivity contribution >= 4 is 35.0 Å². The highest BCUT2D eigenvalue weighted by Gasteiger charge is 2.27. The lowest BCUT2D eigenvalue weighted by atomic mass is 10.1. The van der Waals surface area contributed by atoms with E-state index >= 15 is 0 Å². The summed E-state index contributed by atoms with van der Waals surface area (Å²) in [7, 11) is 0. The topological polar surface area (TPSA) is 75.4 Å². The first-order chi connectivity index (χ1) is 12.8. The third kappa shape index (κ3) is 4.80. The molecule has 0 fully saturated rings. The van der Waals surface area contributed by atoms with Crippen molar-refractivity contribution in [3.63, 3.8) is 0 Å². The van der Waals surface area contributed by atoms with E-state index in [2.05, 4.69) is 5.32 Å². The fourth-order valence-electron chi connectivity index (χ4n) is 3.19. The van der Waals surface area contributed by atoms with Crippen LogP contribution >= 0.6 is 23.2 Å². The maximum Gasteiger partial charge on any atom is 0.240 e. The summed E-state index contributed by atoms with van der Waals surface area (Å²) in [5, 5.41) is 3.84. The van der Waals surface area contributed by atoms with Gasteiger partial charge in [-0.05, 0) is 40.8 Å². The van der Waals surface area contributed by atoms with Crippen molar-refractivity contribution in [2.45, 2.75) is 39.0 Å². The highest BCUT2D eigenvalue weighted by molar-refractivity contribution is 6.35. The minimum atomic E-state index is -0.670. The predicted molar refractivity (Wildman–Crippen MR) is 106 cm³/mol. The molecule has 1 atom stereocenters. The fourth-order valence-corrected chi connectivity index (χ4v) is 3.67. The van der Waals surface area contributed by atoms with E-state index in [4.69, 9.17) is 28.9 Å². The number of benzene rings is 2. The molecule has 7 heteroatoms. The number of hydrogen-bond acceptors (Lipinski definition) is 3. The molecule has 1 aliphatic rings. The van der Waals surface area contributed by atoms with Gasteiger partial charge in [0.15, 0.2) is 0 Å². The van der Waals surface area contributed by atoms with Crippen LogP contribution in [0.1, 0.15) is 29.2 Å². The van der Waals surface area contributed by atoms with Gasteiger partial charge in [-0.15, -0.1) is 0 Å². The largest absolute Gasteiger partial charge is 0.352 e. The Morgan fingerprint density at radius 3 is 2.59 bits per heavy atom. The summed E-state index contributed by atoms with van der Waals surface area (Å²) in [5.74, 6) is -0.181. The van der Waals surface area contributed by atoms with E-state index in [-0.39, 0.29) is 11.8 Å². The quantitative estimate of drug-likeness (QED) is 0.802. The van der Waals surface area contributed by atoms with Crippen molar-refractivity contribution in [2.75, 3.05) is 0 Å². The Morgan fingerprint density at radius 2 is 1.89 bits per heavy atom. The van der Waals surface area contributed by atoms with Gasteiger partial charge in [0.05, 0.1) is 6.04 Å². The van der Waals surface area contributed by atoms with Crippen LogP contribution in [-0.4, -0.2) is 22.8 Å². The Labute approximate surface area is 168 Å². The molecular formula is C20H21Cl2N3O2. The molecule has 2 amide bonds. The molecule has 27 heavy (non-hydrogen) atoms. The van der Waals surface area contributed by atoms with Gasteiger partial charge in [-0.25, -0.2) is 0 Å². The lowest BCUT2D eigenvalue weighted by Crippen LogP contribution is -2.42. The SMILES string of the molecule is CC(=O)NCc1ccc2c(c1)CN(C(=O)C(N)Cc1ccc(Cl)cc1Cl)C2. The zero-order valence-electron chi connectivity index (χ0n) is 15.0. The molecule has 1 unspecified atom stereocenters. The van der Waals surface area contributed by atoms with Gasteiger partial charge in [-0.1, -0.05) is 47.5 Å². The molecule has 3 N–H and O–H groups in total. The van der Waals surface area contributed by atoms with Crippen molar-refractivity contribution < 1.29 is 9.59 Å². The molecular weight excluding hydrogens is 385 g/mol. The summed E-state index contributed by atoms with van der Waals surface area (Å²) in [5.41, 5.74) is 10.2. The van der Waals surface area contributed by atoms with Crippen LogP contribution in [0.3, 0.4) is 0 Å². The summed E-state index contributed by atoms with van der Waals surface area (Å²) in [4.78, 5) is 25.6. The second-order valence-electron chi connectivity index (χ2n) is 6.75. The number of fused-ring (bicyclic) bond motifs is 1. The van der Waals surface area contributed by atoms with E-state index < -0.39 is 6.04 Å². The lowest BCUT2D eigenvalue weighted by molar-refractivity contribution is -0.133. The molecule has 142 valence electrons. The van der Waals surface area contributed by atoms with Crippen LogP contribution in [0.2, 0.25) is 10.0 Å². The third-order valence-electron chi connectivity index (χ3n) is 4.62. The highest BCUT2D eigenvalue weighted by atomic mass is 35.5. The molecule has 2 aromatic rings. The smallest absolute Gasteiger partial charge is 0.240 e. The summed E-state index contributed by atoms with van der Waals surface area (Å²) < 4.78 is 0. The molecule has 0 saturated heterocycles. The van der Waals surface area contributed by atoms with Crippen molar-refractivity contribution in [1.29, 1.82) is 0 Å². The van der Waals surface area contributed by atoms with Crippen molar-refractivity contribution in [1.82, 2.24) is 10.2 Å². The number of carbonyl (C=O) groups is 2. The first-order valence-electron chi connectivity index (χ1n) is 8.67. The average molecular weight is 406 g/mol. The number of halogens is 2. The minimum absolute atomic E-state index is 0.0702. The van der Waals surface area contributed by atoms with E-state index in [1.54, 1.807) is 23.1 Å². The van der Waals surface area contributed by atoms with Gasteiger partial charge >= 0.3 is 0 Å². The molecule has 0 radical (unpaired) electrons. The molecule has 0 spiro atoms. The monoisotopic (exact) mass is 405 g/mol. The zero-order chi connectivity index (χ0) is 19.6. The number of amides is 2. The summed E-state index contributed by atoms with van der Waals surface area (Å²) >= 11 is 12.1. The van der Waals surface area contributed by atoms with Crippen LogP contribution < -0.4 is 11.1 Å². The first-order valence-corrected chi connectivity index (χ1v) is 9.42. The van der Waals surface area contributed by atoms with Gasteiger partial charge in [0, 0.05) is 36.6 Å². The summed E-state index contributed by atoms with van der Waals surface area (Å²) in [6.45, 7) is 3.02. The Balaban J connectivity index is 1.64. The lowest BCUT2D eigenvalue weighted by Gasteiger charge is -2.20. The molecule has 0 saturated carbocycles. The van der Waals surface area contributed by atoms with Crippen LogP contribution in [0.5, 0.6) is 0 Å². The van der Waals surface area contributed by atoms with Gasteiger partial charge in [-0.2, -0.15) is 0 Å². The molecule has 3 rings (SSSR count). The Bertz CT molecular complexity index is 886. The molecule has 1 aliphatic heterocycles. The van der Waals surface area contributed by atoms with E-state index in [1.807, 2.05) is 18.2 Å². The summed E-state index contributed by atoms with van der Waals surface area (Å²) in [6.07, 6.45) is 0.357. The van der Waals surface area contributed by atoms with E-state index in [0.29, 0.717) is 36.1 Å². The maximum atomic E-state index is 12.8. The summed E-state index contributed by atoms with van der Waals surface area (Å²) in [6, 6.07) is 10.5. The second-order valence-corrected chi connectivity index (χ2v) is 7.60. The molecule has 5 nitrogen and oxygen atoms in total. The Kier molecular flexibility index (Phi) is 6.05. The van der Waals surface area contributed by atoms with Crippen molar-refractivity contribution in [3.05, 3.63) is 68.7 Å². The number of nitrogens with one attached hydrogen (secondary N) is 1. The first kappa shape index (κ1) is 19.7. The Hall–Kier alpha value is -2.08. The van der Waals surface area contributed by atoms with Crippen LogP contribution in [0.4, 0.5) is 0 Å². The van der Waals surface area contributed by atoms with E-state index in [1.165, 1.54) is 6.92 Å². The van der Waals surface area contributed by atoms with Crippen LogP contribution in [0.15, 0.2) is 36.4 Å². The Morgan fingerprint density at radius 1 is 1.15 bits per heavy atom. The van der Waals surface area contributed by atoms with E-state index in [0.717, 1.165) is 22.3 Å². The van der Waals surface area contributed by atoms with Gasteiger partial charge in [0.25, 0.3) is 0 Å². The van der Waals surface area contributed by atoms with Gasteiger partial charge in [-0.3, -0.25) is 9.59 Å². The molecule has 0 aliphatic carbocycles. The maximum absolute atomic E-state index is 12.8. The molecule has 0 aromatic heterocycles. The predicted octanol–water partition coefficient (Wildman–Crippen LogP) is 3.04. The number of rotatable bonds is 5. The van der Waals surface area contributed by atoms with Gasteiger partial charge in [0.2, 0.25) is 11.8 Å². The van der Waals surface area contributed by atoms with Crippen molar-refractivity contribution in [3.8, 4) is 0 Å². The van der Waals surface area contributed by atoms with Gasteiger partial charge in [0.1, 0.15) is 0 Å². The van der Waals surface area contributed by atoms with Crippen LogP contribution in [0.25, 0.3) is 0 Å². The third-order valence-corrected chi connectivity index (χ3v) is 5.21. The second kappa shape index (κ2) is 8.30. The highest BCUT2D eigenvalue weighted by Crippen LogP contribution is 2.26. The zero-order valence-corrected chi connectivity index (χ0v) is 16.5. The molecule has 0 bridgehead atoms. The normalized spacial score (nSPS) is 14.0. The molecule has 2 aromatic carbocycles. The number of carbonyl (C=O) groups excluding carboxylic acids is 2. The average Bonchev–Trinajstić information content (AvgIpc) is 3.04. The van der Waals surface area contributed by atoms with Gasteiger partial charge < -0.3 is 16.0 Å². The number of nitrogens with zero attached hydrogens (tertiary/aromatic N) is 1. The minimum Gasteiger partial charge on any atom is -0.352 e. The fraction of sp³-hybridized carbons (Fsp3) is 0.300. The van der Waals surface area contributed by atoms with E-state index in [9.17, 15) is 9.59 Å². The number of hydrogen-bond donors (Lipinski definition) is 2. The molecule has 1 heterocycles. The van der Waals surface area contributed by atoms with Crippen LogP contribution in [-0.2, 0) is 35.6 Å². The van der Waals surface area contributed by atoms with Crippen LogP contribution in [0, 0.1) is 0 Å². The van der Waals surface area contributed by atoms with Crippen molar-refractivity contribution in [2.24, 2.45) is 5.73 Å².